The molecule has 0 spiro atoms. The number of nitrogens with one attached hydrogen (secondary N) is 1. The molecule has 0 saturated heterocycles. The van der Waals surface area contributed by atoms with Crippen LogP contribution in [-0.2, 0) is 13.0 Å². The number of carbonyl (C=O) groups is 1. The van der Waals surface area contributed by atoms with E-state index in [9.17, 15) is 4.79 Å². The van der Waals surface area contributed by atoms with Gasteiger partial charge in [0.25, 0.3) is 5.91 Å². The number of amides is 1. The molecule has 3 aromatic rings. The lowest BCUT2D eigenvalue weighted by molar-refractivity contribution is 0.0954. The Morgan fingerprint density at radius 1 is 1.26 bits per heavy atom. The number of rotatable bonds is 5. The van der Waals surface area contributed by atoms with Crippen molar-refractivity contribution in [2.24, 2.45) is 0 Å². The molecule has 23 heavy (non-hydrogen) atoms. The average Bonchev–Trinajstić information content (AvgIpc) is 3.20. The van der Waals surface area contributed by atoms with E-state index in [-0.39, 0.29) is 5.91 Å². The van der Waals surface area contributed by atoms with Crippen LogP contribution >= 0.6 is 22.9 Å². The Morgan fingerprint density at radius 2 is 2.04 bits per heavy atom. The van der Waals surface area contributed by atoms with Crippen molar-refractivity contribution < 1.29 is 4.79 Å². The Kier molecular flexibility index (Phi) is 4.78. The first-order valence-electron chi connectivity index (χ1n) is 7.30. The van der Waals surface area contributed by atoms with E-state index < -0.39 is 0 Å². The van der Waals surface area contributed by atoms with Crippen molar-refractivity contribution in [3.8, 4) is 10.6 Å². The van der Waals surface area contributed by atoms with Gasteiger partial charge in [-0.3, -0.25) is 4.79 Å². The van der Waals surface area contributed by atoms with Crippen LogP contribution in [0.15, 0.2) is 30.3 Å². The summed E-state index contributed by atoms with van der Waals surface area (Å²) in [6, 6.07) is 10.1. The Labute approximate surface area is 142 Å². The Hall–Kier alpha value is -2.12. The van der Waals surface area contributed by atoms with Crippen molar-refractivity contribution >= 4 is 28.8 Å². The third-order valence-corrected chi connectivity index (χ3v) is 5.39. The number of aromatic nitrogens is 3. The van der Waals surface area contributed by atoms with Gasteiger partial charge in [-0.25, -0.2) is 4.98 Å². The molecule has 0 aliphatic heterocycles. The monoisotopic (exact) mass is 344 g/mol. The van der Waals surface area contributed by atoms with E-state index in [1.165, 1.54) is 0 Å². The van der Waals surface area contributed by atoms with Gasteiger partial charge in [0.05, 0.1) is 17.9 Å². The van der Waals surface area contributed by atoms with Crippen molar-refractivity contribution in [2.75, 3.05) is 0 Å². The zero-order valence-electron chi connectivity index (χ0n) is 12.9. The average molecular weight is 344 g/mol. The van der Waals surface area contributed by atoms with Gasteiger partial charge >= 0.3 is 0 Å². The van der Waals surface area contributed by atoms with E-state index in [1.807, 2.05) is 44.2 Å². The summed E-state index contributed by atoms with van der Waals surface area (Å²) in [5, 5.41) is 7.89. The van der Waals surface area contributed by atoms with Crippen molar-refractivity contribution in [1.82, 2.24) is 19.9 Å². The van der Waals surface area contributed by atoms with Crippen molar-refractivity contribution in [3.63, 3.8) is 0 Å². The maximum atomic E-state index is 12.3. The molecule has 0 unspecified atom stereocenters. The highest BCUT2D eigenvalue weighted by Gasteiger charge is 2.16. The lowest BCUT2D eigenvalue weighted by Crippen LogP contribution is -2.22. The van der Waals surface area contributed by atoms with Crippen LogP contribution < -0.4 is 5.32 Å². The fourth-order valence-corrected chi connectivity index (χ4v) is 3.82. The maximum Gasteiger partial charge on any atom is 0.265 e. The van der Waals surface area contributed by atoms with E-state index in [1.54, 1.807) is 11.3 Å². The molecule has 1 aromatic carbocycles. The third-order valence-electron chi connectivity index (χ3n) is 3.42. The van der Waals surface area contributed by atoms with Crippen LogP contribution in [-0.4, -0.2) is 20.5 Å². The smallest absolute Gasteiger partial charge is 0.265 e. The first kappa shape index (κ1) is 15.8. The molecule has 1 N–H and O–H groups in total. The molecule has 3 rings (SSSR count). The number of aryl methyl sites for hydroxylation is 2. The summed E-state index contributed by atoms with van der Waals surface area (Å²) in [5.41, 5.74) is 2.80. The molecule has 118 valence electrons. The highest BCUT2D eigenvalue weighted by molar-refractivity contribution is 7.15. The number of benzene rings is 1. The molecule has 2 heterocycles. The molecule has 0 aliphatic carbocycles. The van der Waals surface area contributed by atoms with Gasteiger partial charge in [0.15, 0.2) is 0 Å². The van der Waals surface area contributed by atoms with Gasteiger partial charge in [0, 0.05) is 10.4 Å². The Morgan fingerprint density at radius 3 is 2.78 bits per heavy atom. The number of hydrogen-bond acceptors (Lipinski definition) is 6. The molecule has 0 bridgehead atoms. The van der Waals surface area contributed by atoms with Crippen molar-refractivity contribution in [2.45, 2.75) is 26.8 Å². The normalized spacial score (nSPS) is 10.7. The molecule has 0 saturated carbocycles. The molecule has 5 nitrogen and oxygen atoms in total. The van der Waals surface area contributed by atoms with Gasteiger partial charge in [-0.15, -0.1) is 16.4 Å². The molecule has 1 amide bonds. The molecule has 0 radical (unpaired) electrons. The second-order valence-electron chi connectivity index (χ2n) is 4.98. The van der Waals surface area contributed by atoms with E-state index in [0.29, 0.717) is 17.8 Å². The first-order chi connectivity index (χ1) is 11.2. The summed E-state index contributed by atoms with van der Waals surface area (Å²) >= 11 is 2.75. The van der Waals surface area contributed by atoms with Gasteiger partial charge in [0.1, 0.15) is 9.88 Å². The zero-order valence-corrected chi connectivity index (χ0v) is 14.5. The van der Waals surface area contributed by atoms with Crippen molar-refractivity contribution in [1.29, 1.82) is 0 Å². The SMILES string of the molecule is CCc1nnsc1C(=O)NCc1sc(-c2ccccc2)nc1C. The van der Waals surface area contributed by atoms with Crippen LogP contribution in [0.2, 0.25) is 0 Å². The van der Waals surface area contributed by atoms with E-state index >= 15 is 0 Å². The van der Waals surface area contributed by atoms with Gasteiger partial charge in [-0.1, -0.05) is 41.7 Å². The second-order valence-corrected chi connectivity index (χ2v) is 6.82. The summed E-state index contributed by atoms with van der Waals surface area (Å²) in [4.78, 5) is 18.5. The van der Waals surface area contributed by atoms with Gasteiger partial charge in [-0.05, 0) is 24.9 Å². The highest BCUT2D eigenvalue weighted by atomic mass is 32.1. The number of hydrogen-bond donors (Lipinski definition) is 1. The maximum absolute atomic E-state index is 12.3. The number of thiazole rings is 1. The molecule has 0 fully saturated rings. The Balaban J connectivity index is 1.72. The molecular weight excluding hydrogens is 328 g/mol. The lowest BCUT2D eigenvalue weighted by atomic mass is 10.2. The summed E-state index contributed by atoms with van der Waals surface area (Å²) in [5.74, 6) is -0.120. The van der Waals surface area contributed by atoms with Crippen LogP contribution in [0.4, 0.5) is 0 Å². The summed E-state index contributed by atoms with van der Waals surface area (Å²) in [7, 11) is 0. The highest BCUT2D eigenvalue weighted by Crippen LogP contribution is 2.27. The van der Waals surface area contributed by atoms with Crippen LogP contribution in [0.3, 0.4) is 0 Å². The molecule has 0 aliphatic rings. The standard InChI is InChI=1S/C16H16N4OS2/c1-3-12-14(23-20-19-12)15(21)17-9-13-10(2)18-16(22-13)11-7-5-4-6-8-11/h4-8H,3,9H2,1-2H3,(H,17,21). The summed E-state index contributed by atoms with van der Waals surface area (Å²) in [6.45, 7) is 4.40. The van der Waals surface area contributed by atoms with E-state index in [0.717, 1.165) is 38.4 Å². The minimum Gasteiger partial charge on any atom is -0.346 e. The topological polar surface area (TPSA) is 67.8 Å². The number of carbonyl (C=O) groups excluding carboxylic acids is 1. The van der Waals surface area contributed by atoms with Gasteiger partial charge < -0.3 is 5.32 Å². The molecule has 7 heteroatoms. The minimum absolute atomic E-state index is 0.120. The molecular formula is C16H16N4OS2. The predicted octanol–water partition coefficient (Wildman–Crippen LogP) is 3.46. The fourth-order valence-electron chi connectivity index (χ4n) is 2.15. The zero-order chi connectivity index (χ0) is 16.2. The van der Waals surface area contributed by atoms with Gasteiger partial charge in [-0.2, -0.15) is 0 Å². The minimum atomic E-state index is -0.120. The van der Waals surface area contributed by atoms with Crippen LogP contribution in [0, 0.1) is 6.92 Å². The fraction of sp³-hybridized carbons (Fsp3) is 0.250. The quantitative estimate of drug-likeness (QED) is 0.769. The van der Waals surface area contributed by atoms with E-state index in [4.69, 9.17) is 0 Å². The van der Waals surface area contributed by atoms with Gasteiger partial charge in [0.2, 0.25) is 0 Å². The van der Waals surface area contributed by atoms with Crippen LogP contribution in [0.5, 0.6) is 0 Å². The summed E-state index contributed by atoms with van der Waals surface area (Å²) < 4.78 is 3.85. The van der Waals surface area contributed by atoms with Crippen LogP contribution in [0.1, 0.15) is 32.9 Å². The van der Waals surface area contributed by atoms with Crippen LogP contribution in [0.25, 0.3) is 10.6 Å². The predicted molar refractivity (Wildman–Crippen MR) is 92.7 cm³/mol. The second kappa shape index (κ2) is 6.97. The van der Waals surface area contributed by atoms with Crippen molar-refractivity contribution in [3.05, 3.63) is 51.5 Å². The third kappa shape index (κ3) is 3.46. The number of nitrogens with zero attached hydrogens (tertiary/aromatic N) is 3. The molecule has 2 aromatic heterocycles. The summed E-state index contributed by atoms with van der Waals surface area (Å²) in [6.07, 6.45) is 0.705. The Bertz CT molecular complexity index is 811. The van der Waals surface area contributed by atoms with E-state index in [2.05, 4.69) is 19.9 Å². The lowest BCUT2D eigenvalue weighted by Gasteiger charge is -2.02. The largest absolute Gasteiger partial charge is 0.346 e. The first-order valence-corrected chi connectivity index (χ1v) is 8.89. The molecule has 0 atom stereocenters.